The Kier molecular flexibility index (Phi) is 4.18. The number of hydrogen-bond donors (Lipinski definition) is 2. The van der Waals surface area contributed by atoms with E-state index in [0.29, 0.717) is 27.8 Å². The van der Waals surface area contributed by atoms with Gasteiger partial charge in [-0.2, -0.15) is 0 Å². The summed E-state index contributed by atoms with van der Waals surface area (Å²) in [6.07, 6.45) is 3.31. The highest BCUT2D eigenvalue weighted by Gasteiger charge is 2.17. The molecule has 4 aromatic heterocycles. The summed E-state index contributed by atoms with van der Waals surface area (Å²) in [5.74, 6) is 1.10. The molecule has 0 bridgehead atoms. The number of amides is 1. The number of imidazole rings is 1. The number of furan rings is 1. The largest absolute Gasteiger partial charge is 0.461 e. The number of thiazole rings is 1. The van der Waals surface area contributed by atoms with Gasteiger partial charge in [0.2, 0.25) is 0 Å². The lowest BCUT2D eigenvalue weighted by Crippen LogP contribution is -2.11. The number of anilines is 1. The van der Waals surface area contributed by atoms with Gasteiger partial charge in [-0.3, -0.25) is 9.78 Å². The lowest BCUT2D eigenvalue weighted by atomic mass is 10.2. The fraction of sp³-hybridized carbons (Fsp3) is 0.0476. The van der Waals surface area contributed by atoms with Gasteiger partial charge in [-0.1, -0.05) is 6.07 Å². The van der Waals surface area contributed by atoms with Crippen molar-refractivity contribution in [1.29, 1.82) is 0 Å². The number of aromatic amines is 1. The highest BCUT2D eigenvalue weighted by Crippen LogP contribution is 2.28. The van der Waals surface area contributed by atoms with Gasteiger partial charge in [-0.25, -0.2) is 9.97 Å². The van der Waals surface area contributed by atoms with Gasteiger partial charge < -0.3 is 14.7 Å². The molecule has 0 aliphatic rings. The van der Waals surface area contributed by atoms with Gasteiger partial charge >= 0.3 is 0 Å². The zero-order valence-corrected chi connectivity index (χ0v) is 16.2. The second kappa shape index (κ2) is 6.99. The third-order valence-corrected chi connectivity index (χ3v) is 5.56. The van der Waals surface area contributed by atoms with Crippen LogP contribution in [-0.4, -0.2) is 25.8 Å². The summed E-state index contributed by atoms with van der Waals surface area (Å²) in [4.78, 5) is 29.9. The van der Waals surface area contributed by atoms with Gasteiger partial charge in [-0.15, -0.1) is 11.3 Å². The van der Waals surface area contributed by atoms with Gasteiger partial charge in [0.1, 0.15) is 9.88 Å². The normalized spacial score (nSPS) is 11.1. The minimum absolute atomic E-state index is 0.202. The standard InChI is InChI=1S/C21H15N5O2S/c1-12-18(29-21(23-12)15-5-2-3-9-22-15)20(27)24-13-7-8-14-16(11-13)26-19(25-14)17-6-4-10-28-17/h2-11H,1H3,(H,24,27)(H,25,26). The van der Waals surface area contributed by atoms with E-state index in [4.69, 9.17) is 4.42 Å². The highest BCUT2D eigenvalue weighted by molar-refractivity contribution is 7.17. The third-order valence-electron chi connectivity index (χ3n) is 4.38. The molecular weight excluding hydrogens is 386 g/mol. The van der Waals surface area contributed by atoms with Crippen LogP contribution in [-0.2, 0) is 0 Å². The molecule has 0 saturated carbocycles. The predicted octanol–water partition coefficient (Wildman–Crippen LogP) is 4.90. The van der Waals surface area contributed by atoms with E-state index in [-0.39, 0.29) is 5.91 Å². The Balaban J connectivity index is 1.41. The van der Waals surface area contributed by atoms with Crippen molar-refractivity contribution in [3.05, 3.63) is 71.6 Å². The number of carbonyl (C=O) groups is 1. The van der Waals surface area contributed by atoms with Crippen LogP contribution in [0.3, 0.4) is 0 Å². The molecule has 7 nitrogen and oxygen atoms in total. The van der Waals surface area contributed by atoms with Crippen LogP contribution in [0.15, 0.2) is 65.4 Å². The van der Waals surface area contributed by atoms with Crippen LogP contribution >= 0.6 is 11.3 Å². The number of fused-ring (bicyclic) bond motifs is 1. The molecule has 142 valence electrons. The van der Waals surface area contributed by atoms with Crippen molar-refractivity contribution in [2.45, 2.75) is 6.92 Å². The van der Waals surface area contributed by atoms with Gasteiger partial charge in [0.25, 0.3) is 5.91 Å². The van der Waals surface area contributed by atoms with E-state index >= 15 is 0 Å². The Bertz CT molecular complexity index is 1310. The molecule has 29 heavy (non-hydrogen) atoms. The van der Waals surface area contributed by atoms with Crippen LogP contribution in [0.1, 0.15) is 15.4 Å². The van der Waals surface area contributed by atoms with E-state index in [2.05, 4.69) is 25.3 Å². The average Bonchev–Trinajstić information content (AvgIpc) is 3.47. The van der Waals surface area contributed by atoms with Crippen molar-refractivity contribution in [3.8, 4) is 22.3 Å². The minimum Gasteiger partial charge on any atom is -0.461 e. The van der Waals surface area contributed by atoms with Crippen molar-refractivity contribution in [2.75, 3.05) is 5.32 Å². The number of carbonyl (C=O) groups excluding carboxylic acids is 1. The first kappa shape index (κ1) is 17.3. The number of nitrogens with zero attached hydrogens (tertiary/aromatic N) is 3. The number of hydrogen-bond acceptors (Lipinski definition) is 6. The van der Waals surface area contributed by atoms with E-state index in [1.807, 2.05) is 55.5 Å². The molecule has 0 aliphatic carbocycles. The summed E-state index contributed by atoms with van der Waals surface area (Å²) < 4.78 is 5.38. The lowest BCUT2D eigenvalue weighted by molar-refractivity contribution is 0.103. The number of H-pyrrole nitrogens is 1. The Labute approximate surface area is 169 Å². The monoisotopic (exact) mass is 401 g/mol. The minimum atomic E-state index is -0.202. The summed E-state index contributed by atoms with van der Waals surface area (Å²) in [6.45, 7) is 1.82. The molecule has 0 radical (unpaired) electrons. The molecule has 1 aromatic carbocycles. The molecule has 0 fully saturated rings. The van der Waals surface area contributed by atoms with Gasteiger partial charge in [0.05, 0.1) is 28.7 Å². The molecule has 4 heterocycles. The van der Waals surface area contributed by atoms with Crippen LogP contribution in [0.4, 0.5) is 5.69 Å². The van der Waals surface area contributed by atoms with Crippen LogP contribution in [0.5, 0.6) is 0 Å². The smallest absolute Gasteiger partial charge is 0.267 e. The van der Waals surface area contributed by atoms with E-state index in [9.17, 15) is 4.79 Å². The number of nitrogens with one attached hydrogen (secondary N) is 2. The van der Waals surface area contributed by atoms with Crippen molar-refractivity contribution < 1.29 is 9.21 Å². The maximum absolute atomic E-state index is 12.8. The molecule has 0 saturated heterocycles. The fourth-order valence-electron chi connectivity index (χ4n) is 3.01. The fourth-order valence-corrected chi connectivity index (χ4v) is 3.95. The van der Waals surface area contributed by atoms with Crippen LogP contribution in [0.2, 0.25) is 0 Å². The third kappa shape index (κ3) is 3.30. The molecule has 0 spiro atoms. The van der Waals surface area contributed by atoms with Gasteiger partial charge in [0.15, 0.2) is 11.6 Å². The van der Waals surface area contributed by atoms with Crippen LogP contribution in [0.25, 0.3) is 33.3 Å². The topological polar surface area (TPSA) is 96.7 Å². The molecule has 1 amide bonds. The zero-order valence-electron chi connectivity index (χ0n) is 15.3. The Hall–Kier alpha value is -3.78. The molecule has 2 N–H and O–H groups in total. The van der Waals surface area contributed by atoms with Crippen LogP contribution < -0.4 is 5.32 Å². The molecule has 8 heteroatoms. The van der Waals surface area contributed by atoms with Crippen molar-refractivity contribution in [2.24, 2.45) is 0 Å². The number of aryl methyl sites for hydroxylation is 1. The number of aromatic nitrogens is 4. The number of benzene rings is 1. The van der Waals surface area contributed by atoms with E-state index in [1.165, 1.54) is 11.3 Å². The van der Waals surface area contributed by atoms with E-state index < -0.39 is 0 Å². The Morgan fingerprint density at radius 2 is 2.07 bits per heavy atom. The molecule has 5 rings (SSSR count). The molecule has 0 atom stereocenters. The molecule has 0 aliphatic heterocycles. The quantitative estimate of drug-likeness (QED) is 0.446. The van der Waals surface area contributed by atoms with Crippen LogP contribution in [0, 0.1) is 6.92 Å². The SMILES string of the molecule is Cc1nc(-c2ccccn2)sc1C(=O)Nc1ccc2nc(-c3ccco3)[nH]c2c1. The molecular formula is C21H15N5O2S. The summed E-state index contributed by atoms with van der Waals surface area (Å²) in [6, 6.07) is 14.8. The Morgan fingerprint density at radius 3 is 2.86 bits per heavy atom. The summed E-state index contributed by atoms with van der Waals surface area (Å²) >= 11 is 1.33. The summed E-state index contributed by atoms with van der Waals surface area (Å²) in [5.41, 5.74) is 3.70. The van der Waals surface area contributed by atoms with Crippen molar-refractivity contribution in [3.63, 3.8) is 0 Å². The first-order valence-electron chi connectivity index (χ1n) is 8.91. The average molecular weight is 401 g/mol. The van der Waals surface area contributed by atoms with E-state index in [0.717, 1.165) is 21.7 Å². The first-order chi connectivity index (χ1) is 14.2. The summed E-state index contributed by atoms with van der Waals surface area (Å²) in [7, 11) is 0. The van der Waals surface area contributed by atoms with Gasteiger partial charge in [0, 0.05) is 11.9 Å². The maximum atomic E-state index is 12.8. The lowest BCUT2D eigenvalue weighted by Gasteiger charge is -2.03. The van der Waals surface area contributed by atoms with E-state index in [1.54, 1.807) is 12.5 Å². The first-order valence-corrected chi connectivity index (χ1v) is 9.73. The molecule has 0 unspecified atom stereocenters. The van der Waals surface area contributed by atoms with Gasteiger partial charge in [-0.05, 0) is 49.4 Å². The second-order valence-corrected chi connectivity index (χ2v) is 7.40. The van der Waals surface area contributed by atoms with Crippen molar-refractivity contribution in [1.82, 2.24) is 19.9 Å². The predicted molar refractivity (Wildman–Crippen MR) is 112 cm³/mol. The Morgan fingerprint density at radius 1 is 1.14 bits per heavy atom. The maximum Gasteiger partial charge on any atom is 0.267 e. The number of pyridine rings is 1. The zero-order chi connectivity index (χ0) is 19.8. The number of rotatable bonds is 4. The second-order valence-electron chi connectivity index (χ2n) is 6.40. The van der Waals surface area contributed by atoms with Crippen molar-refractivity contribution >= 4 is 34.0 Å². The molecule has 5 aromatic rings. The summed E-state index contributed by atoms with van der Waals surface area (Å²) in [5, 5.41) is 3.66. The highest BCUT2D eigenvalue weighted by atomic mass is 32.1.